The van der Waals surface area contributed by atoms with E-state index in [1.165, 1.54) is 11.8 Å². The largest absolute Gasteiger partial charge is 0.360 e. The number of carbonyl (C=O) groups is 2. The van der Waals surface area contributed by atoms with E-state index in [2.05, 4.69) is 15.0 Å². The molecular weight excluding hydrogens is 334 g/mol. The van der Waals surface area contributed by atoms with Crippen LogP contribution in [0.25, 0.3) is 0 Å². The first kappa shape index (κ1) is 17.9. The Morgan fingerprint density at radius 2 is 2.00 bits per heavy atom. The van der Waals surface area contributed by atoms with Crippen LogP contribution in [0.2, 0.25) is 0 Å². The second kappa shape index (κ2) is 7.99. The van der Waals surface area contributed by atoms with Crippen LogP contribution in [0.15, 0.2) is 35.0 Å². The van der Waals surface area contributed by atoms with E-state index in [1.807, 2.05) is 23.1 Å². The number of rotatable bonds is 5. The first-order chi connectivity index (χ1) is 12.5. The van der Waals surface area contributed by atoms with Crippen LogP contribution in [0, 0.1) is 6.92 Å². The van der Waals surface area contributed by atoms with Crippen molar-refractivity contribution in [3.8, 4) is 0 Å². The molecular formula is C18H23N5O3. The molecule has 0 radical (unpaired) electrons. The second-order valence-electron chi connectivity index (χ2n) is 6.27. The standard InChI is InChI=1S/C18H23N5O3/c1-14-13-17(20-26-14)23(15(2)24)8-6-18(25)22-11-9-21(10-12-22)16-5-3-4-7-19-16/h3-5,7,13H,6,8-12H2,1-2H3. The van der Waals surface area contributed by atoms with Gasteiger partial charge in [0.2, 0.25) is 11.8 Å². The molecule has 0 N–H and O–H groups in total. The fourth-order valence-electron chi connectivity index (χ4n) is 3.01. The van der Waals surface area contributed by atoms with Crippen LogP contribution in [-0.4, -0.2) is 59.6 Å². The monoisotopic (exact) mass is 357 g/mol. The minimum absolute atomic E-state index is 0.0390. The first-order valence-corrected chi connectivity index (χ1v) is 8.70. The third kappa shape index (κ3) is 4.19. The van der Waals surface area contributed by atoms with Crippen molar-refractivity contribution in [2.24, 2.45) is 0 Å². The number of nitrogens with zero attached hydrogens (tertiary/aromatic N) is 5. The SMILES string of the molecule is CC(=O)N(CCC(=O)N1CCN(c2ccccn2)CC1)c1cc(C)on1. The smallest absolute Gasteiger partial charge is 0.225 e. The number of aromatic nitrogens is 2. The van der Waals surface area contributed by atoms with Crippen molar-refractivity contribution in [2.75, 3.05) is 42.5 Å². The van der Waals surface area contributed by atoms with Gasteiger partial charge in [-0.25, -0.2) is 4.98 Å². The molecule has 0 aromatic carbocycles. The van der Waals surface area contributed by atoms with Crippen molar-refractivity contribution >= 4 is 23.5 Å². The fraction of sp³-hybridized carbons (Fsp3) is 0.444. The number of pyridine rings is 1. The highest BCUT2D eigenvalue weighted by atomic mass is 16.5. The van der Waals surface area contributed by atoms with Gasteiger partial charge in [-0.3, -0.25) is 14.5 Å². The highest BCUT2D eigenvalue weighted by Crippen LogP contribution is 2.16. The molecule has 1 fully saturated rings. The Morgan fingerprint density at radius 1 is 1.23 bits per heavy atom. The predicted octanol–water partition coefficient (Wildman–Crippen LogP) is 1.47. The van der Waals surface area contributed by atoms with Gasteiger partial charge in [-0.2, -0.15) is 0 Å². The van der Waals surface area contributed by atoms with Crippen LogP contribution in [0.5, 0.6) is 0 Å². The van der Waals surface area contributed by atoms with Gasteiger partial charge < -0.3 is 14.3 Å². The van der Waals surface area contributed by atoms with Crippen LogP contribution in [0.1, 0.15) is 19.1 Å². The van der Waals surface area contributed by atoms with Crippen LogP contribution in [-0.2, 0) is 9.59 Å². The van der Waals surface area contributed by atoms with Gasteiger partial charge in [-0.05, 0) is 19.1 Å². The summed E-state index contributed by atoms with van der Waals surface area (Å²) < 4.78 is 5.02. The van der Waals surface area contributed by atoms with Gasteiger partial charge in [0.25, 0.3) is 0 Å². The Hall–Kier alpha value is -2.90. The molecule has 0 atom stereocenters. The summed E-state index contributed by atoms with van der Waals surface area (Å²) in [5, 5.41) is 3.86. The first-order valence-electron chi connectivity index (χ1n) is 8.70. The van der Waals surface area contributed by atoms with Crippen molar-refractivity contribution in [2.45, 2.75) is 20.3 Å². The molecule has 0 unspecified atom stereocenters. The zero-order valence-electron chi connectivity index (χ0n) is 15.1. The molecule has 8 heteroatoms. The molecule has 2 amide bonds. The Labute approximate surface area is 152 Å². The Bertz CT molecular complexity index is 753. The van der Waals surface area contributed by atoms with E-state index in [0.29, 0.717) is 31.2 Å². The van der Waals surface area contributed by atoms with Gasteiger partial charge in [0.15, 0.2) is 5.82 Å². The van der Waals surface area contributed by atoms with E-state index >= 15 is 0 Å². The van der Waals surface area contributed by atoms with Crippen LogP contribution in [0.4, 0.5) is 11.6 Å². The summed E-state index contributed by atoms with van der Waals surface area (Å²) in [6.07, 6.45) is 2.03. The maximum absolute atomic E-state index is 12.5. The number of anilines is 2. The zero-order valence-corrected chi connectivity index (χ0v) is 15.1. The van der Waals surface area contributed by atoms with E-state index in [4.69, 9.17) is 4.52 Å². The molecule has 8 nitrogen and oxygen atoms in total. The summed E-state index contributed by atoms with van der Waals surface area (Å²) in [6, 6.07) is 7.52. The Kier molecular flexibility index (Phi) is 5.50. The number of hydrogen-bond acceptors (Lipinski definition) is 6. The molecule has 0 bridgehead atoms. The predicted molar refractivity (Wildman–Crippen MR) is 96.9 cm³/mol. The molecule has 0 saturated carbocycles. The minimum Gasteiger partial charge on any atom is -0.360 e. The minimum atomic E-state index is -0.161. The average Bonchev–Trinajstić information content (AvgIpc) is 3.08. The van der Waals surface area contributed by atoms with Gasteiger partial charge in [-0.15, -0.1) is 0 Å². The third-order valence-electron chi connectivity index (χ3n) is 4.43. The van der Waals surface area contributed by atoms with Crippen molar-refractivity contribution in [1.82, 2.24) is 15.0 Å². The highest BCUT2D eigenvalue weighted by Gasteiger charge is 2.23. The fourth-order valence-corrected chi connectivity index (χ4v) is 3.01. The van der Waals surface area contributed by atoms with Gasteiger partial charge >= 0.3 is 0 Å². The number of aryl methyl sites for hydroxylation is 1. The van der Waals surface area contributed by atoms with Gasteiger partial charge in [0.1, 0.15) is 11.6 Å². The van der Waals surface area contributed by atoms with E-state index in [1.54, 1.807) is 19.2 Å². The topological polar surface area (TPSA) is 82.8 Å². The molecule has 1 saturated heterocycles. The van der Waals surface area contributed by atoms with Crippen LogP contribution in [0.3, 0.4) is 0 Å². The molecule has 0 spiro atoms. The van der Waals surface area contributed by atoms with E-state index in [-0.39, 0.29) is 18.2 Å². The molecule has 26 heavy (non-hydrogen) atoms. The lowest BCUT2D eigenvalue weighted by molar-refractivity contribution is -0.131. The number of hydrogen-bond donors (Lipinski definition) is 0. The van der Waals surface area contributed by atoms with E-state index < -0.39 is 0 Å². The summed E-state index contributed by atoms with van der Waals surface area (Å²) >= 11 is 0. The summed E-state index contributed by atoms with van der Waals surface area (Å²) in [4.78, 5) is 34.2. The number of amides is 2. The normalized spacial score (nSPS) is 14.4. The maximum Gasteiger partial charge on any atom is 0.225 e. The quantitative estimate of drug-likeness (QED) is 0.806. The second-order valence-corrected chi connectivity index (χ2v) is 6.27. The number of carbonyl (C=O) groups excluding carboxylic acids is 2. The molecule has 3 rings (SSSR count). The summed E-state index contributed by atoms with van der Waals surface area (Å²) in [6.45, 7) is 6.32. The molecule has 0 aliphatic carbocycles. The lowest BCUT2D eigenvalue weighted by Gasteiger charge is -2.35. The zero-order chi connectivity index (χ0) is 18.5. The molecule has 3 heterocycles. The molecule has 1 aliphatic rings. The Balaban J connectivity index is 1.51. The molecule has 2 aromatic heterocycles. The summed E-state index contributed by atoms with van der Waals surface area (Å²) in [5.41, 5.74) is 0. The van der Waals surface area contributed by atoms with Gasteiger partial charge in [0, 0.05) is 58.3 Å². The maximum atomic E-state index is 12.5. The van der Waals surface area contributed by atoms with Crippen molar-refractivity contribution in [3.63, 3.8) is 0 Å². The van der Waals surface area contributed by atoms with E-state index in [0.717, 1.165) is 18.9 Å². The molecule has 138 valence electrons. The third-order valence-corrected chi connectivity index (χ3v) is 4.43. The molecule has 2 aromatic rings. The van der Waals surface area contributed by atoms with Crippen molar-refractivity contribution in [3.05, 3.63) is 36.2 Å². The van der Waals surface area contributed by atoms with E-state index in [9.17, 15) is 9.59 Å². The summed E-state index contributed by atoms with van der Waals surface area (Å²) in [7, 11) is 0. The average molecular weight is 357 g/mol. The van der Waals surface area contributed by atoms with Gasteiger partial charge in [-0.1, -0.05) is 11.2 Å². The van der Waals surface area contributed by atoms with Gasteiger partial charge in [0.05, 0.1) is 0 Å². The Morgan fingerprint density at radius 3 is 2.58 bits per heavy atom. The lowest BCUT2D eigenvalue weighted by atomic mass is 10.2. The summed E-state index contributed by atoms with van der Waals surface area (Å²) in [5.74, 6) is 1.89. The van der Waals surface area contributed by atoms with Crippen LogP contribution >= 0.6 is 0 Å². The lowest BCUT2D eigenvalue weighted by Crippen LogP contribution is -2.49. The number of piperazine rings is 1. The molecule has 1 aliphatic heterocycles. The van der Waals surface area contributed by atoms with Crippen LogP contribution < -0.4 is 9.80 Å². The van der Waals surface area contributed by atoms with Crippen molar-refractivity contribution in [1.29, 1.82) is 0 Å². The highest BCUT2D eigenvalue weighted by molar-refractivity contribution is 5.91. The van der Waals surface area contributed by atoms with Crippen molar-refractivity contribution < 1.29 is 14.1 Å².